The number of hydrogen-bond donors (Lipinski definition) is 1. The normalized spacial score (nSPS) is 21.9. The molecular weight excluding hydrogens is 356 g/mol. The molecule has 5 rings (SSSR count). The van der Waals surface area contributed by atoms with Gasteiger partial charge in [0.25, 0.3) is 5.89 Å². The molecule has 0 radical (unpaired) electrons. The van der Waals surface area contributed by atoms with Crippen LogP contribution in [0, 0.1) is 0 Å². The Kier molecular flexibility index (Phi) is 4.24. The number of amides is 1. The summed E-state index contributed by atoms with van der Waals surface area (Å²) in [7, 11) is 0. The number of carbonyl (C=O) groups is 1. The number of likely N-dealkylation sites (tertiary alicyclic amines) is 1. The minimum atomic E-state index is -0.0950. The molecule has 0 aliphatic carbocycles. The number of aromatic nitrogens is 2. The predicted octanol–water partition coefficient (Wildman–Crippen LogP) is 2.97. The van der Waals surface area contributed by atoms with Crippen LogP contribution in [0.25, 0.3) is 11.7 Å². The molecule has 4 heterocycles. The zero-order valence-electron chi connectivity index (χ0n) is 15.5. The molecule has 7 nitrogen and oxygen atoms in total. The van der Waals surface area contributed by atoms with Gasteiger partial charge in [-0.2, -0.15) is 0 Å². The Hall–Kier alpha value is -2.93. The Morgan fingerprint density at radius 1 is 1.11 bits per heavy atom. The molecule has 1 N–H and O–H groups in total. The highest BCUT2D eigenvalue weighted by molar-refractivity contribution is 5.87. The van der Waals surface area contributed by atoms with Crippen molar-refractivity contribution in [1.29, 1.82) is 0 Å². The molecule has 1 spiro atoms. The quantitative estimate of drug-likeness (QED) is 0.751. The third-order valence-corrected chi connectivity index (χ3v) is 5.87. The number of piperidine rings is 1. The average molecular weight is 378 g/mol. The van der Waals surface area contributed by atoms with E-state index in [-0.39, 0.29) is 17.4 Å². The van der Waals surface area contributed by atoms with Gasteiger partial charge in [-0.25, -0.2) is 0 Å². The van der Waals surface area contributed by atoms with Crippen molar-refractivity contribution >= 4 is 5.91 Å². The van der Waals surface area contributed by atoms with Crippen LogP contribution >= 0.6 is 0 Å². The fourth-order valence-electron chi connectivity index (χ4n) is 4.31. The van der Waals surface area contributed by atoms with Gasteiger partial charge in [0.2, 0.25) is 11.8 Å². The van der Waals surface area contributed by atoms with Crippen molar-refractivity contribution in [2.24, 2.45) is 0 Å². The van der Waals surface area contributed by atoms with Crippen molar-refractivity contribution in [2.45, 2.75) is 37.3 Å². The highest BCUT2D eigenvalue weighted by atomic mass is 16.4. The third-order valence-electron chi connectivity index (χ3n) is 5.87. The van der Waals surface area contributed by atoms with E-state index >= 15 is 0 Å². The Bertz CT molecular complexity index is 943. The summed E-state index contributed by atoms with van der Waals surface area (Å²) >= 11 is 0. The zero-order valence-corrected chi connectivity index (χ0v) is 15.5. The zero-order chi connectivity index (χ0) is 19.0. The lowest BCUT2D eigenvalue weighted by molar-refractivity contribution is -0.121. The van der Waals surface area contributed by atoms with Crippen LogP contribution in [-0.4, -0.2) is 39.6 Å². The minimum absolute atomic E-state index is 0.0421. The van der Waals surface area contributed by atoms with Crippen molar-refractivity contribution in [1.82, 2.24) is 20.4 Å². The molecule has 7 heteroatoms. The van der Waals surface area contributed by atoms with Crippen LogP contribution in [-0.2, 0) is 11.3 Å². The lowest BCUT2D eigenvalue weighted by atomic mass is 9.82. The first-order valence-corrected chi connectivity index (χ1v) is 9.66. The number of rotatable bonds is 4. The van der Waals surface area contributed by atoms with Gasteiger partial charge < -0.3 is 14.2 Å². The Morgan fingerprint density at radius 3 is 2.68 bits per heavy atom. The standard InChI is InChI=1S/C21H22N4O3/c26-19-16(15-5-2-1-3-6-15)13-21(22-19)8-10-25(11-9-21)14-18-23-24-20(28-18)17-7-4-12-27-17/h1-7,12,16H,8-11,13-14H2,(H,22,26)/t16-/m1/s1. The lowest BCUT2D eigenvalue weighted by Gasteiger charge is -2.38. The van der Waals surface area contributed by atoms with Crippen molar-refractivity contribution in [3.05, 3.63) is 60.2 Å². The first-order valence-electron chi connectivity index (χ1n) is 9.66. The molecule has 2 aromatic heterocycles. The summed E-state index contributed by atoms with van der Waals surface area (Å²) in [6.45, 7) is 2.39. The molecule has 28 heavy (non-hydrogen) atoms. The highest BCUT2D eigenvalue weighted by Gasteiger charge is 2.46. The maximum atomic E-state index is 12.6. The van der Waals surface area contributed by atoms with E-state index < -0.39 is 0 Å². The second-order valence-electron chi connectivity index (χ2n) is 7.69. The van der Waals surface area contributed by atoms with Gasteiger partial charge in [-0.15, -0.1) is 10.2 Å². The number of nitrogens with zero attached hydrogens (tertiary/aromatic N) is 3. The van der Waals surface area contributed by atoms with Gasteiger partial charge in [-0.05, 0) is 37.0 Å². The summed E-state index contributed by atoms with van der Waals surface area (Å²) in [4.78, 5) is 14.9. The summed E-state index contributed by atoms with van der Waals surface area (Å²) < 4.78 is 11.0. The molecule has 1 atom stereocenters. The summed E-state index contributed by atoms with van der Waals surface area (Å²) in [5.41, 5.74) is 1.01. The number of nitrogens with one attached hydrogen (secondary N) is 1. The van der Waals surface area contributed by atoms with E-state index in [9.17, 15) is 4.79 Å². The smallest absolute Gasteiger partial charge is 0.283 e. The van der Waals surface area contributed by atoms with Gasteiger partial charge in [-0.1, -0.05) is 30.3 Å². The van der Waals surface area contributed by atoms with Crippen LogP contribution in [0.3, 0.4) is 0 Å². The Balaban J connectivity index is 1.20. The van der Waals surface area contributed by atoms with Gasteiger partial charge in [0.05, 0.1) is 18.7 Å². The van der Waals surface area contributed by atoms with Gasteiger partial charge in [0.15, 0.2) is 5.76 Å². The largest absolute Gasteiger partial charge is 0.459 e. The maximum Gasteiger partial charge on any atom is 0.283 e. The third kappa shape index (κ3) is 3.22. The van der Waals surface area contributed by atoms with Crippen molar-refractivity contribution in [3.8, 4) is 11.7 Å². The van der Waals surface area contributed by atoms with Gasteiger partial charge >= 0.3 is 0 Å². The average Bonchev–Trinajstić information content (AvgIpc) is 3.45. The Morgan fingerprint density at radius 2 is 1.93 bits per heavy atom. The van der Waals surface area contributed by atoms with Crippen LogP contribution in [0.1, 0.15) is 36.6 Å². The fourth-order valence-corrected chi connectivity index (χ4v) is 4.31. The monoisotopic (exact) mass is 378 g/mol. The molecule has 0 unspecified atom stereocenters. The SMILES string of the molecule is O=C1NC2(CCN(Cc3nnc(-c4ccco4)o3)CC2)C[C@@H]1c1ccccc1. The number of carbonyl (C=O) groups excluding carboxylic acids is 1. The Labute approximate surface area is 162 Å². The van der Waals surface area contributed by atoms with Gasteiger partial charge in [0.1, 0.15) is 0 Å². The number of furan rings is 1. The van der Waals surface area contributed by atoms with E-state index in [1.807, 2.05) is 30.3 Å². The summed E-state index contributed by atoms with van der Waals surface area (Å²) in [6.07, 6.45) is 4.32. The van der Waals surface area contributed by atoms with E-state index in [1.165, 1.54) is 0 Å². The van der Waals surface area contributed by atoms with E-state index in [0.717, 1.165) is 37.9 Å². The number of benzene rings is 1. The van der Waals surface area contributed by atoms with Crippen LogP contribution < -0.4 is 5.32 Å². The molecule has 2 fully saturated rings. The lowest BCUT2D eigenvalue weighted by Crippen LogP contribution is -2.50. The fraction of sp³-hybridized carbons (Fsp3) is 0.381. The summed E-state index contributed by atoms with van der Waals surface area (Å²) in [5.74, 6) is 1.68. The molecule has 0 saturated carbocycles. The summed E-state index contributed by atoms with van der Waals surface area (Å²) in [5, 5.41) is 11.5. The van der Waals surface area contributed by atoms with Crippen molar-refractivity contribution in [3.63, 3.8) is 0 Å². The molecular formula is C21H22N4O3. The predicted molar refractivity (Wildman–Crippen MR) is 101 cm³/mol. The van der Waals surface area contributed by atoms with E-state index in [0.29, 0.717) is 24.1 Å². The van der Waals surface area contributed by atoms with Gasteiger partial charge in [0, 0.05) is 18.6 Å². The summed E-state index contributed by atoms with van der Waals surface area (Å²) in [6, 6.07) is 13.7. The van der Waals surface area contributed by atoms with Gasteiger partial charge in [-0.3, -0.25) is 9.69 Å². The van der Waals surface area contributed by atoms with E-state index in [2.05, 4.69) is 20.4 Å². The van der Waals surface area contributed by atoms with Crippen molar-refractivity contribution < 1.29 is 13.6 Å². The second-order valence-corrected chi connectivity index (χ2v) is 7.69. The van der Waals surface area contributed by atoms with Crippen LogP contribution in [0.2, 0.25) is 0 Å². The highest BCUT2D eigenvalue weighted by Crippen LogP contribution is 2.39. The maximum absolute atomic E-state index is 12.6. The number of hydrogen-bond acceptors (Lipinski definition) is 6. The molecule has 2 aliphatic rings. The molecule has 2 saturated heterocycles. The molecule has 2 aliphatic heterocycles. The van der Waals surface area contributed by atoms with Crippen molar-refractivity contribution in [2.75, 3.05) is 13.1 Å². The van der Waals surface area contributed by atoms with E-state index in [4.69, 9.17) is 8.83 Å². The molecule has 1 aromatic carbocycles. The molecule has 3 aromatic rings. The van der Waals surface area contributed by atoms with E-state index in [1.54, 1.807) is 18.4 Å². The first kappa shape index (κ1) is 17.2. The molecule has 0 bridgehead atoms. The second kappa shape index (κ2) is 6.91. The van der Waals surface area contributed by atoms with Crippen LogP contribution in [0.4, 0.5) is 0 Å². The van der Waals surface area contributed by atoms with Crippen LogP contribution in [0.5, 0.6) is 0 Å². The molecule has 144 valence electrons. The van der Waals surface area contributed by atoms with Crippen LogP contribution in [0.15, 0.2) is 57.6 Å². The first-order chi connectivity index (χ1) is 13.7. The topological polar surface area (TPSA) is 84.4 Å². The minimum Gasteiger partial charge on any atom is -0.459 e. The molecule has 1 amide bonds.